The van der Waals surface area contributed by atoms with Crippen molar-refractivity contribution < 1.29 is 15.0 Å². The molecule has 0 aliphatic heterocycles. The van der Waals surface area contributed by atoms with Crippen LogP contribution in [0, 0.1) is 0 Å². The molecule has 1 aliphatic rings. The summed E-state index contributed by atoms with van der Waals surface area (Å²) in [5.74, 6) is -0.231. The van der Waals surface area contributed by atoms with E-state index in [1.165, 1.54) is 12.8 Å². The Hall–Kier alpha value is -1.62. The van der Waals surface area contributed by atoms with Crippen LogP contribution in [-0.4, -0.2) is 40.4 Å². The van der Waals surface area contributed by atoms with Crippen LogP contribution in [0.25, 0.3) is 0 Å². The van der Waals surface area contributed by atoms with E-state index in [9.17, 15) is 15.0 Å². The Kier molecular flexibility index (Phi) is 5.56. The number of carboxylic acids is 1. The van der Waals surface area contributed by atoms with Crippen LogP contribution in [0.5, 0.6) is 0 Å². The summed E-state index contributed by atoms with van der Waals surface area (Å²) in [6, 6.07) is 3.65. The molecule has 1 saturated carbocycles. The number of aromatic nitrogens is 1. The fraction of sp³-hybridized carbons (Fsp3) is 0.625. The lowest BCUT2D eigenvalue weighted by Crippen LogP contribution is -2.36. The quantitative estimate of drug-likeness (QED) is 0.807. The Balaban J connectivity index is 2.34. The van der Waals surface area contributed by atoms with Crippen molar-refractivity contribution in [2.24, 2.45) is 0 Å². The van der Waals surface area contributed by atoms with Crippen LogP contribution in [0.4, 0.5) is 5.82 Å². The SMILES string of the molecule is CCCc1cc(C(=O)O)cc(N(CCO)C2CCCC2)n1. The second kappa shape index (κ2) is 7.41. The summed E-state index contributed by atoms with van der Waals surface area (Å²) in [7, 11) is 0. The van der Waals surface area contributed by atoms with E-state index in [-0.39, 0.29) is 12.2 Å². The molecule has 0 aromatic carbocycles. The van der Waals surface area contributed by atoms with E-state index in [1.54, 1.807) is 12.1 Å². The zero-order valence-corrected chi connectivity index (χ0v) is 12.6. The maximum absolute atomic E-state index is 11.3. The Morgan fingerprint density at radius 1 is 1.38 bits per heavy atom. The minimum atomic E-state index is -0.925. The van der Waals surface area contributed by atoms with Gasteiger partial charge in [0.2, 0.25) is 0 Å². The van der Waals surface area contributed by atoms with Gasteiger partial charge >= 0.3 is 5.97 Å². The predicted octanol–water partition coefficient (Wildman–Crippen LogP) is 2.47. The zero-order valence-electron chi connectivity index (χ0n) is 12.6. The molecule has 1 heterocycles. The van der Waals surface area contributed by atoms with Gasteiger partial charge in [0, 0.05) is 18.3 Å². The van der Waals surface area contributed by atoms with Gasteiger partial charge in [-0.1, -0.05) is 26.2 Å². The topological polar surface area (TPSA) is 73.7 Å². The van der Waals surface area contributed by atoms with Gasteiger partial charge in [-0.15, -0.1) is 0 Å². The van der Waals surface area contributed by atoms with E-state index in [2.05, 4.69) is 16.8 Å². The molecule has 0 spiro atoms. The molecule has 0 atom stereocenters. The maximum atomic E-state index is 11.3. The predicted molar refractivity (Wildman–Crippen MR) is 81.9 cm³/mol. The first kappa shape index (κ1) is 15.8. The second-order valence-electron chi connectivity index (χ2n) is 5.62. The number of rotatable bonds is 7. The molecule has 0 bridgehead atoms. The average molecular weight is 292 g/mol. The first-order chi connectivity index (χ1) is 10.2. The van der Waals surface area contributed by atoms with E-state index >= 15 is 0 Å². The first-order valence-corrected chi connectivity index (χ1v) is 7.77. The second-order valence-corrected chi connectivity index (χ2v) is 5.62. The van der Waals surface area contributed by atoms with E-state index in [0.717, 1.165) is 31.4 Å². The van der Waals surface area contributed by atoms with Gasteiger partial charge in [0.1, 0.15) is 5.82 Å². The van der Waals surface area contributed by atoms with E-state index < -0.39 is 5.97 Å². The van der Waals surface area contributed by atoms with Crippen molar-refractivity contribution in [2.75, 3.05) is 18.1 Å². The van der Waals surface area contributed by atoms with Crippen LogP contribution in [0.2, 0.25) is 0 Å². The fourth-order valence-electron chi connectivity index (χ4n) is 3.03. The van der Waals surface area contributed by atoms with Crippen LogP contribution < -0.4 is 4.90 Å². The van der Waals surface area contributed by atoms with Gasteiger partial charge in [-0.3, -0.25) is 0 Å². The molecule has 1 aliphatic carbocycles. The van der Waals surface area contributed by atoms with Gasteiger partial charge in [0.25, 0.3) is 0 Å². The molecule has 5 heteroatoms. The monoisotopic (exact) mass is 292 g/mol. The Labute approximate surface area is 125 Å². The number of carbonyl (C=O) groups is 1. The van der Waals surface area contributed by atoms with Crippen LogP contribution in [0.15, 0.2) is 12.1 Å². The molecular formula is C16H24N2O3. The van der Waals surface area contributed by atoms with Crippen LogP contribution in [0.1, 0.15) is 55.1 Å². The molecule has 5 nitrogen and oxygen atoms in total. The maximum Gasteiger partial charge on any atom is 0.335 e. The number of pyridine rings is 1. The van der Waals surface area contributed by atoms with Crippen LogP contribution in [-0.2, 0) is 6.42 Å². The first-order valence-electron chi connectivity index (χ1n) is 7.77. The molecule has 21 heavy (non-hydrogen) atoms. The number of aromatic carboxylic acids is 1. The Morgan fingerprint density at radius 3 is 2.67 bits per heavy atom. The summed E-state index contributed by atoms with van der Waals surface area (Å²) < 4.78 is 0. The number of carboxylic acid groups (broad SMARTS) is 1. The number of aliphatic hydroxyl groups is 1. The average Bonchev–Trinajstić information content (AvgIpc) is 2.98. The molecule has 0 unspecified atom stereocenters. The third-order valence-electron chi connectivity index (χ3n) is 4.02. The van der Waals surface area contributed by atoms with Crippen molar-refractivity contribution >= 4 is 11.8 Å². The van der Waals surface area contributed by atoms with E-state index in [4.69, 9.17) is 0 Å². The number of aryl methyl sites for hydroxylation is 1. The van der Waals surface area contributed by atoms with Crippen molar-refractivity contribution in [3.05, 3.63) is 23.4 Å². The molecule has 0 radical (unpaired) electrons. The summed E-state index contributed by atoms with van der Waals surface area (Å²) in [4.78, 5) is 18.0. The third kappa shape index (κ3) is 3.94. The normalized spacial score (nSPS) is 15.3. The number of hydrogen-bond acceptors (Lipinski definition) is 4. The molecule has 1 fully saturated rings. The van der Waals surface area contributed by atoms with Crippen molar-refractivity contribution in [1.82, 2.24) is 4.98 Å². The highest BCUT2D eigenvalue weighted by Crippen LogP contribution is 2.28. The molecule has 0 amide bonds. The lowest BCUT2D eigenvalue weighted by molar-refractivity contribution is 0.0696. The Bertz CT molecular complexity index is 484. The molecule has 116 valence electrons. The number of aliphatic hydroxyl groups excluding tert-OH is 1. The van der Waals surface area contributed by atoms with Gasteiger partial charge in [-0.05, 0) is 31.4 Å². The summed E-state index contributed by atoms with van der Waals surface area (Å²) in [6.45, 7) is 2.61. The highest BCUT2D eigenvalue weighted by atomic mass is 16.4. The van der Waals surface area contributed by atoms with Crippen LogP contribution in [0.3, 0.4) is 0 Å². The Morgan fingerprint density at radius 2 is 2.10 bits per heavy atom. The lowest BCUT2D eigenvalue weighted by Gasteiger charge is -2.30. The van der Waals surface area contributed by atoms with Gasteiger partial charge in [-0.25, -0.2) is 9.78 Å². The number of anilines is 1. The highest BCUT2D eigenvalue weighted by molar-refractivity contribution is 5.88. The molecule has 1 aromatic rings. The number of hydrogen-bond donors (Lipinski definition) is 2. The third-order valence-corrected chi connectivity index (χ3v) is 4.02. The zero-order chi connectivity index (χ0) is 15.2. The molecule has 1 aromatic heterocycles. The van der Waals surface area contributed by atoms with Crippen molar-refractivity contribution in [2.45, 2.75) is 51.5 Å². The highest BCUT2D eigenvalue weighted by Gasteiger charge is 2.24. The van der Waals surface area contributed by atoms with Crippen LogP contribution >= 0.6 is 0 Å². The van der Waals surface area contributed by atoms with Gasteiger partial charge in [-0.2, -0.15) is 0 Å². The molecule has 0 saturated heterocycles. The van der Waals surface area contributed by atoms with Gasteiger partial charge < -0.3 is 15.1 Å². The minimum Gasteiger partial charge on any atom is -0.478 e. The molecule has 2 rings (SSSR count). The largest absolute Gasteiger partial charge is 0.478 e. The van der Waals surface area contributed by atoms with Crippen molar-refractivity contribution in [3.63, 3.8) is 0 Å². The standard InChI is InChI=1S/C16H24N2O3/c1-2-5-13-10-12(16(20)21)11-15(17-13)18(8-9-19)14-6-3-4-7-14/h10-11,14,19H,2-9H2,1H3,(H,20,21). The van der Waals surface area contributed by atoms with E-state index in [1.807, 2.05) is 0 Å². The lowest BCUT2D eigenvalue weighted by atomic mass is 10.1. The minimum absolute atomic E-state index is 0.0542. The summed E-state index contributed by atoms with van der Waals surface area (Å²) >= 11 is 0. The summed E-state index contributed by atoms with van der Waals surface area (Å²) in [5, 5.41) is 18.6. The number of nitrogens with zero attached hydrogens (tertiary/aromatic N) is 2. The van der Waals surface area contributed by atoms with Gasteiger partial charge in [0.15, 0.2) is 0 Å². The summed E-state index contributed by atoms with van der Waals surface area (Å²) in [6.07, 6.45) is 6.24. The van der Waals surface area contributed by atoms with Gasteiger partial charge in [0.05, 0.1) is 12.2 Å². The van der Waals surface area contributed by atoms with Crippen molar-refractivity contribution in [3.8, 4) is 0 Å². The molecular weight excluding hydrogens is 268 g/mol. The fourth-order valence-corrected chi connectivity index (χ4v) is 3.03. The van der Waals surface area contributed by atoms with Crippen molar-refractivity contribution in [1.29, 1.82) is 0 Å². The summed E-state index contributed by atoms with van der Waals surface area (Å²) in [5.41, 5.74) is 1.10. The smallest absolute Gasteiger partial charge is 0.335 e. The van der Waals surface area contributed by atoms with E-state index in [0.29, 0.717) is 18.4 Å². The molecule has 2 N–H and O–H groups in total.